The van der Waals surface area contributed by atoms with E-state index in [2.05, 4.69) is 4.98 Å². The minimum atomic E-state index is -5.15. The molecule has 0 fully saturated rings. The Balaban J connectivity index is 3.45. The number of carboxylic acid groups (broad SMARTS) is 1. The predicted octanol–water partition coefficient (Wildman–Crippen LogP) is 2.82. The highest BCUT2D eigenvalue weighted by Crippen LogP contribution is 2.33. The van der Waals surface area contributed by atoms with Crippen molar-refractivity contribution in [3.05, 3.63) is 29.1 Å². The van der Waals surface area contributed by atoms with Crippen molar-refractivity contribution in [3.63, 3.8) is 0 Å². The third-order valence-corrected chi connectivity index (χ3v) is 1.65. The molecule has 0 unspecified atom stereocenters. The summed E-state index contributed by atoms with van der Waals surface area (Å²) in [5.74, 6) is -1.90. The number of alkyl halides is 6. The number of hydrogen-bond acceptors (Lipinski definition) is 2. The maximum absolute atomic E-state index is 12.2. The van der Waals surface area contributed by atoms with Crippen LogP contribution in [0.2, 0.25) is 0 Å². The molecule has 1 N–H and O–H groups in total. The molecule has 0 aliphatic carbocycles. The van der Waals surface area contributed by atoms with Gasteiger partial charge in [-0.05, 0) is 12.1 Å². The Morgan fingerprint density at radius 2 is 1.35 bits per heavy atom. The molecule has 1 aromatic heterocycles. The van der Waals surface area contributed by atoms with Gasteiger partial charge >= 0.3 is 18.3 Å². The highest BCUT2D eigenvalue weighted by molar-refractivity contribution is 5.87. The molecule has 0 bridgehead atoms. The molecule has 94 valence electrons. The molecule has 1 rings (SSSR count). The van der Waals surface area contributed by atoms with E-state index in [0.29, 0.717) is 0 Å². The number of pyridine rings is 1. The smallest absolute Gasteiger partial charge is 0.433 e. The highest BCUT2D eigenvalue weighted by atomic mass is 19.4. The molecule has 17 heavy (non-hydrogen) atoms. The summed E-state index contributed by atoms with van der Waals surface area (Å²) in [6, 6.07) is 0.0785. The molecule has 0 aliphatic rings. The van der Waals surface area contributed by atoms with Crippen LogP contribution in [0.25, 0.3) is 0 Å². The second-order valence-corrected chi connectivity index (χ2v) is 2.93. The second kappa shape index (κ2) is 3.90. The van der Waals surface area contributed by atoms with Crippen LogP contribution >= 0.6 is 0 Å². The van der Waals surface area contributed by atoms with E-state index in [4.69, 9.17) is 5.11 Å². The van der Waals surface area contributed by atoms with Crippen LogP contribution < -0.4 is 0 Å². The van der Waals surface area contributed by atoms with Crippen molar-refractivity contribution in [2.75, 3.05) is 0 Å². The van der Waals surface area contributed by atoms with E-state index < -0.39 is 35.3 Å². The van der Waals surface area contributed by atoms with E-state index in [1.807, 2.05) is 0 Å². The van der Waals surface area contributed by atoms with Gasteiger partial charge in [0, 0.05) is 0 Å². The summed E-state index contributed by atoms with van der Waals surface area (Å²) < 4.78 is 73.1. The van der Waals surface area contributed by atoms with Crippen LogP contribution in [0.1, 0.15) is 21.7 Å². The normalized spacial score (nSPS) is 12.6. The Kier molecular flexibility index (Phi) is 3.04. The van der Waals surface area contributed by atoms with Crippen LogP contribution in [-0.2, 0) is 12.4 Å². The van der Waals surface area contributed by atoms with Gasteiger partial charge in [-0.2, -0.15) is 26.3 Å². The molecule has 0 radical (unpaired) electrons. The van der Waals surface area contributed by atoms with Gasteiger partial charge in [-0.3, -0.25) is 0 Å². The number of aromatic carboxylic acids is 1. The minimum Gasteiger partial charge on any atom is -0.478 e. The molecule has 3 nitrogen and oxygen atoms in total. The first-order valence-electron chi connectivity index (χ1n) is 3.91. The number of nitrogens with zero attached hydrogens (tertiary/aromatic N) is 1. The lowest BCUT2D eigenvalue weighted by Crippen LogP contribution is -2.17. The Morgan fingerprint density at radius 3 is 1.59 bits per heavy atom. The van der Waals surface area contributed by atoms with E-state index in [-0.39, 0.29) is 12.1 Å². The first-order chi connectivity index (χ1) is 7.51. The van der Waals surface area contributed by atoms with E-state index in [0.717, 1.165) is 0 Å². The van der Waals surface area contributed by atoms with Crippen LogP contribution in [0.3, 0.4) is 0 Å². The Labute approximate surface area is 89.7 Å². The standard InChI is InChI=1S/C8H3F6NO2/c9-7(10,11)4-1-3(6(16)17)2-5(15-4)8(12,13)14/h1-2H,(H,16,17). The summed E-state index contributed by atoms with van der Waals surface area (Å²) in [4.78, 5) is 12.7. The van der Waals surface area contributed by atoms with E-state index in [1.165, 1.54) is 0 Å². The van der Waals surface area contributed by atoms with Crippen LogP contribution in [0.5, 0.6) is 0 Å². The number of halogens is 6. The Morgan fingerprint density at radius 1 is 1.00 bits per heavy atom. The van der Waals surface area contributed by atoms with Gasteiger partial charge in [0.1, 0.15) is 11.4 Å². The zero-order valence-corrected chi connectivity index (χ0v) is 7.73. The fourth-order valence-electron chi connectivity index (χ4n) is 0.944. The molecule has 0 saturated heterocycles. The van der Waals surface area contributed by atoms with Crippen LogP contribution in [0.15, 0.2) is 12.1 Å². The van der Waals surface area contributed by atoms with Crippen molar-refractivity contribution in [2.45, 2.75) is 12.4 Å². The van der Waals surface area contributed by atoms with Crippen molar-refractivity contribution >= 4 is 5.97 Å². The molecule has 1 heterocycles. The maximum Gasteiger partial charge on any atom is 0.433 e. The number of aromatic nitrogens is 1. The van der Waals surface area contributed by atoms with E-state index >= 15 is 0 Å². The predicted molar refractivity (Wildman–Crippen MR) is 41.2 cm³/mol. The quantitative estimate of drug-likeness (QED) is 0.789. The van der Waals surface area contributed by atoms with Crippen molar-refractivity contribution in [1.29, 1.82) is 0 Å². The summed E-state index contributed by atoms with van der Waals surface area (Å²) in [7, 11) is 0. The van der Waals surface area contributed by atoms with Crippen molar-refractivity contribution < 1.29 is 36.2 Å². The summed E-state index contributed by atoms with van der Waals surface area (Å²) in [6.45, 7) is 0. The zero-order chi connectivity index (χ0) is 13.4. The molecule has 0 spiro atoms. The van der Waals surface area contributed by atoms with Gasteiger partial charge in [0.2, 0.25) is 0 Å². The molecule has 0 atom stereocenters. The maximum atomic E-state index is 12.2. The minimum absolute atomic E-state index is 0.0393. The molecule has 0 amide bonds. The second-order valence-electron chi connectivity index (χ2n) is 2.93. The average molecular weight is 259 g/mol. The zero-order valence-electron chi connectivity index (χ0n) is 7.73. The van der Waals surface area contributed by atoms with Crippen LogP contribution in [0, 0.1) is 0 Å². The number of rotatable bonds is 1. The SMILES string of the molecule is O=C(O)c1cc(C(F)(F)F)nc(C(F)(F)F)c1. The van der Waals surface area contributed by atoms with Gasteiger partial charge in [0.25, 0.3) is 0 Å². The van der Waals surface area contributed by atoms with E-state index in [1.54, 1.807) is 0 Å². The van der Waals surface area contributed by atoms with Crippen LogP contribution in [0.4, 0.5) is 26.3 Å². The summed E-state index contributed by atoms with van der Waals surface area (Å²) >= 11 is 0. The van der Waals surface area contributed by atoms with Gasteiger partial charge in [0.05, 0.1) is 5.56 Å². The third-order valence-electron chi connectivity index (χ3n) is 1.65. The lowest BCUT2D eigenvalue weighted by Gasteiger charge is -2.11. The Hall–Kier alpha value is -1.80. The fraction of sp³-hybridized carbons (Fsp3) is 0.250. The van der Waals surface area contributed by atoms with Gasteiger partial charge in [-0.25, -0.2) is 9.78 Å². The van der Waals surface area contributed by atoms with Gasteiger partial charge in [0.15, 0.2) is 0 Å². The molecule has 9 heteroatoms. The molecular weight excluding hydrogens is 256 g/mol. The average Bonchev–Trinajstić information content (AvgIpc) is 2.14. The van der Waals surface area contributed by atoms with Crippen molar-refractivity contribution in [3.8, 4) is 0 Å². The largest absolute Gasteiger partial charge is 0.478 e. The third kappa shape index (κ3) is 3.08. The highest BCUT2D eigenvalue weighted by Gasteiger charge is 2.39. The molecular formula is C8H3F6NO2. The lowest BCUT2D eigenvalue weighted by atomic mass is 10.2. The fourth-order valence-corrected chi connectivity index (χ4v) is 0.944. The summed E-state index contributed by atoms with van der Waals surface area (Å²) in [6.07, 6.45) is -10.3. The monoisotopic (exact) mass is 259 g/mol. The molecule has 0 aromatic carbocycles. The van der Waals surface area contributed by atoms with Gasteiger partial charge in [-0.1, -0.05) is 0 Å². The van der Waals surface area contributed by atoms with Crippen LogP contribution in [-0.4, -0.2) is 16.1 Å². The Bertz CT molecular complexity index is 418. The molecule has 1 aromatic rings. The first-order valence-corrected chi connectivity index (χ1v) is 3.91. The summed E-state index contributed by atoms with van der Waals surface area (Å²) in [5, 5.41) is 8.40. The van der Waals surface area contributed by atoms with Gasteiger partial charge < -0.3 is 5.11 Å². The number of carbonyl (C=O) groups is 1. The lowest BCUT2D eigenvalue weighted by molar-refractivity contribution is -0.150. The molecule has 0 saturated carbocycles. The number of hydrogen-bond donors (Lipinski definition) is 1. The number of carboxylic acids is 1. The first kappa shape index (κ1) is 13.3. The topological polar surface area (TPSA) is 50.2 Å². The van der Waals surface area contributed by atoms with Gasteiger partial charge in [-0.15, -0.1) is 0 Å². The summed E-state index contributed by atoms with van der Waals surface area (Å²) in [5.41, 5.74) is -4.92. The molecule has 0 aliphatic heterocycles. The van der Waals surface area contributed by atoms with E-state index in [9.17, 15) is 31.1 Å². The van der Waals surface area contributed by atoms with Crippen molar-refractivity contribution in [1.82, 2.24) is 4.98 Å². The van der Waals surface area contributed by atoms with Crippen molar-refractivity contribution in [2.24, 2.45) is 0 Å².